The number of hydrogen-bond acceptors (Lipinski definition) is 4. The van der Waals surface area contributed by atoms with Gasteiger partial charge >= 0.3 is 0 Å². The van der Waals surface area contributed by atoms with Crippen LogP contribution < -0.4 is 14.8 Å². The van der Waals surface area contributed by atoms with Crippen molar-refractivity contribution in [2.75, 3.05) is 20.8 Å². The molecule has 4 nitrogen and oxygen atoms in total. The van der Waals surface area contributed by atoms with E-state index in [1.54, 1.807) is 14.2 Å². The van der Waals surface area contributed by atoms with Crippen LogP contribution in [0.4, 0.5) is 0 Å². The zero-order chi connectivity index (χ0) is 16.3. The Balaban J connectivity index is 2.04. The monoisotopic (exact) mass is 313 g/mol. The van der Waals surface area contributed by atoms with Crippen LogP contribution in [0.25, 0.3) is 0 Å². The highest BCUT2D eigenvalue weighted by molar-refractivity contribution is 5.42. The lowest BCUT2D eigenvalue weighted by Gasteiger charge is -2.35. The highest BCUT2D eigenvalue weighted by atomic mass is 16.5. The van der Waals surface area contributed by atoms with Gasteiger partial charge in [0.2, 0.25) is 0 Å². The molecule has 1 heterocycles. The smallest absolute Gasteiger partial charge is 0.130 e. The number of rotatable bonds is 5. The van der Waals surface area contributed by atoms with Crippen LogP contribution in [0.15, 0.2) is 48.5 Å². The molecule has 2 aromatic carbocycles. The Morgan fingerprint density at radius 2 is 1.39 bits per heavy atom. The molecule has 1 aliphatic heterocycles. The molecule has 0 amide bonds. The number of ether oxygens (including phenoxy) is 2. The molecule has 1 unspecified atom stereocenters. The molecule has 23 heavy (non-hydrogen) atoms. The summed E-state index contributed by atoms with van der Waals surface area (Å²) in [7, 11) is 3.28. The molecule has 1 fully saturated rings. The van der Waals surface area contributed by atoms with E-state index >= 15 is 0 Å². The first-order chi connectivity index (χ1) is 11.2. The normalized spacial score (nSPS) is 18.0. The van der Waals surface area contributed by atoms with Gasteiger partial charge in [0.1, 0.15) is 17.1 Å². The molecule has 2 aromatic rings. The summed E-state index contributed by atoms with van der Waals surface area (Å²) in [6.45, 7) is 0.930. The van der Waals surface area contributed by atoms with Crippen molar-refractivity contribution < 1.29 is 14.6 Å². The van der Waals surface area contributed by atoms with Crippen LogP contribution in [0, 0.1) is 0 Å². The van der Waals surface area contributed by atoms with Gasteiger partial charge < -0.3 is 19.9 Å². The Kier molecular flexibility index (Phi) is 4.55. The number of aliphatic hydroxyl groups is 1. The van der Waals surface area contributed by atoms with E-state index in [1.807, 2.05) is 48.5 Å². The largest absolute Gasteiger partial charge is 0.497 e. The highest BCUT2D eigenvalue weighted by Crippen LogP contribution is 2.37. The number of benzene rings is 2. The van der Waals surface area contributed by atoms with E-state index in [0.29, 0.717) is 0 Å². The molecule has 0 aliphatic carbocycles. The third kappa shape index (κ3) is 2.92. The number of nitrogens with one attached hydrogen (secondary N) is 1. The Morgan fingerprint density at radius 1 is 0.913 bits per heavy atom. The Morgan fingerprint density at radius 3 is 1.74 bits per heavy atom. The van der Waals surface area contributed by atoms with Crippen molar-refractivity contribution in [2.45, 2.75) is 24.5 Å². The van der Waals surface area contributed by atoms with Crippen molar-refractivity contribution in [3.63, 3.8) is 0 Å². The summed E-state index contributed by atoms with van der Waals surface area (Å²) in [5.74, 6) is 1.57. The third-order valence-corrected chi connectivity index (χ3v) is 4.62. The van der Waals surface area contributed by atoms with Crippen LogP contribution in [0.3, 0.4) is 0 Å². The fraction of sp³-hybridized carbons (Fsp3) is 0.368. The summed E-state index contributed by atoms with van der Waals surface area (Å²) in [6.07, 6.45) is 2.01. The average molecular weight is 313 g/mol. The van der Waals surface area contributed by atoms with Gasteiger partial charge in [0.25, 0.3) is 0 Å². The van der Waals surface area contributed by atoms with Crippen molar-refractivity contribution in [1.82, 2.24) is 5.32 Å². The van der Waals surface area contributed by atoms with Crippen molar-refractivity contribution >= 4 is 0 Å². The molecule has 1 atom stereocenters. The molecule has 2 N–H and O–H groups in total. The molecule has 3 rings (SSSR count). The average Bonchev–Trinajstić information content (AvgIpc) is 3.16. The van der Waals surface area contributed by atoms with E-state index < -0.39 is 5.60 Å². The van der Waals surface area contributed by atoms with Gasteiger partial charge in [-0.1, -0.05) is 24.3 Å². The van der Waals surface area contributed by atoms with Crippen molar-refractivity contribution in [1.29, 1.82) is 0 Å². The molecule has 0 radical (unpaired) electrons. The summed E-state index contributed by atoms with van der Waals surface area (Å²) >= 11 is 0. The van der Waals surface area contributed by atoms with Crippen molar-refractivity contribution in [3.05, 3.63) is 59.7 Å². The van der Waals surface area contributed by atoms with Gasteiger partial charge in [0, 0.05) is 6.04 Å². The van der Waals surface area contributed by atoms with Gasteiger partial charge in [-0.25, -0.2) is 0 Å². The van der Waals surface area contributed by atoms with Crippen LogP contribution >= 0.6 is 0 Å². The summed E-state index contributed by atoms with van der Waals surface area (Å²) in [6, 6.07) is 15.3. The number of methoxy groups -OCH3 is 2. The standard InChI is InChI=1S/C19H23NO3/c1-22-16-9-5-14(6-10-16)19(21,18-4-3-13-20-18)15-7-11-17(23-2)12-8-15/h5-12,18,20-21H,3-4,13H2,1-2H3. The predicted molar refractivity (Wildman–Crippen MR) is 90.0 cm³/mol. The molecular weight excluding hydrogens is 290 g/mol. The number of hydrogen-bond donors (Lipinski definition) is 2. The maximum atomic E-state index is 11.6. The summed E-state index contributed by atoms with van der Waals surface area (Å²) < 4.78 is 10.5. The molecule has 0 bridgehead atoms. The fourth-order valence-corrected chi connectivity index (χ4v) is 3.30. The van der Waals surface area contributed by atoms with E-state index in [0.717, 1.165) is 42.0 Å². The third-order valence-electron chi connectivity index (χ3n) is 4.62. The van der Waals surface area contributed by atoms with Gasteiger partial charge in [-0.15, -0.1) is 0 Å². The maximum absolute atomic E-state index is 11.6. The SMILES string of the molecule is COc1ccc(C(O)(c2ccc(OC)cc2)C2CCCN2)cc1. The van der Waals surface area contributed by atoms with Crippen LogP contribution in [-0.2, 0) is 5.60 Å². The van der Waals surface area contributed by atoms with E-state index in [4.69, 9.17) is 9.47 Å². The minimum absolute atomic E-state index is 0.00992. The molecule has 1 saturated heterocycles. The lowest BCUT2D eigenvalue weighted by Crippen LogP contribution is -2.46. The first kappa shape index (κ1) is 15.8. The van der Waals surface area contributed by atoms with Crippen molar-refractivity contribution in [2.24, 2.45) is 0 Å². The highest BCUT2D eigenvalue weighted by Gasteiger charge is 2.41. The quantitative estimate of drug-likeness (QED) is 0.891. The lowest BCUT2D eigenvalue weighted by atomic mass is 9.79. The van der Waals surface area contributed by atoms with Crippen LogP contribution in [-0.4, -0.2) is 31.9 Å². The molecule has 4 heteroatoms. The Hall–Kier alpha value is -2.04. The second kappa shape index (κ2) is 6.60. The van der Waals surface area contributed by atoms with Crippen LogP contribution in [0.2, 0.25) is 0 Å². The minimum Gasteiger partial charge on any atom is -0.497 e. The fourth-order valence-electron chi connectivity index (χ4n) is 3.30. The van der Waals surface area contributed by atoms with Gasteiger partial charge in [-0.2, -0.15) is 0 Å². The predicted octanol–water partition coefficient (Wildman–Crippen LogP) is 2.69. The van der Waals surface area contributed by atoms with Gasteiger partial charge in [0.15, 0.2) is 0 Å². The molecule has 1 aliphatic rings. The van der Waals surface area contributed by atoms with Crippen LogP contribution in [0.1, 0.15) is 24.0 Å². The summed E-state index contributed by atoms with van der Waals surface area (Å²) in [5, 5.41) is 15.1. The Labute approximate surface area is 137 Å². The van der Waals surface area contributed by atoms with Crippen LogP contribution in [0.5, 0.6) is 11.5 Å². The molecular formula is C19H23NO3. The molecule has 0 aromatic heterocycles. The molecule has 122 valence electrons. The van der Waals surface area contributed by atoms with E-state index in [1.165, 1.54) is 0 Å². The summed E-state index contributed by atoms with van der Waals surface area (Å²) in [5.41, 5.74) is 0.653. The van der Waals surface area contributed by atoms with E-state index in [2.05, 4.69) is 5.32 Å². The van der Waals surface area contributed by atoms with E-state index in [9.17, 15) is 5.11 Å². The first-order valence-electron chi connectivity index (χ1n) is 7.93. The van der Waals surface area contributed by atoms with Crippen molar-refractivity contribution in [3.8, 4) is 11.5 Å². The zero-order valence-corrected chi connectivity index (χ0v) is 13.6. The topological polar surface area (TPSA) is 50.7 Å². The zero-order valence-electron chi connectivity index (χ0n) is 13.6. The summed E-state index contributed by atoms with van der Waals surface area (Å²) in [4.78, 5) is 0. The maximum Gasteiger partial charge on any atom is 0.130 e. The first-order valence-corrected chi connectivity index (χ1v) is 7.93. The lowest BCUT2D eigenvalue weighted by molar-refractivity contribution is 0.0442. The van der Waals surface area contributed by atoms with Gasteiger partial charge in [0.05, 0.1) is 14.2 Å². The molecule has 0 spiro atoms. The van der Waals surface area contributed by atoms with E-state index in [-0.39, 0.29) is 6.04 Å². The minimum atomic E-state index is -1.07. The van der Waals surface area contributed by atoms with Gasteiger partial charge in [-0.3, -0.25) is 0 Å². The second-order valence-electron chi connectivity index (χ2n) is 5.87. The Bertz CT molecular complexity index is 583. The van der Waals surface area contributed by atoms with Gasteiger partial charge in [-0.05, 0) is 54.8 Å². The molecule has 0 saturated carbocycles. The second-order valence-corrected chi connectivity index (χ2v) is 5.87.